The van der Waals surface area contributed by atoms with Crippen LogP contribution < -0.4 is 16.0 Å². The highest BCUT2D eigenvalue weighted by molar-refractivity contribution is 5.48. The molecule has 1 fully saturated rings. The van der Waals surface area contributed by atoms with E-state index in [-0.39, 0.29) is 23.0 Å². The summed E-state index contributed by atoms with van der Waals surface area (Å²) in [4.78, 5) is 7.95. The number of aromatic nitrogens is 3. The van der Waals surface area contributed by atoms with E-state index in [0.717, 1.165) is 4.68 Å². The molecule has 1 aliphatic heterocycles. The maximum absolute atomic E-state index is 14.2. The molecule has 4 atom stereocenters. The van der Waals surface area contributed by atoms with Crippen molar-refractivity contribution < 1.29 is 24.1 Å². The molecule has 0 saturated carbocycles. The second-order valence-corrected chi connectivity index (χ2v) is 4.87. The molecular formula is C13H20FN5O4. The molecule has 0 aromatic carbocycles. The molecule has 23 heavy (non-hydrogen) atoms. The largest absolute Gasteiger partial charge is 0.475 e. The van der Waals surface area contributed by atoms with Gasteiger partial charge in [-0.3, -0.25) is 4.99 Å². The maximum atomic E-state index is 14.2. The summed E-state index contributed by atoms with van der Waals surface area (Å²) in [6.45, 7) is 5.32. The zero-order chi connectivity index (χ0) is 17.1. The first kappa shape index (κ1) is 17.3. The van der Waals surface area contributed by atoms with Gasteiger partial charge in [-0.15, -0.1) is 5.10 Å². The molecule has 128 valence electrons. The highest BCUT2D eigenvalue weighted by Crippen LogP contribution is 2.29. The highest BCUT2D eigenvalue weighted by Gasteiger charge is 2.45. The summed E-state index contributed by atoms with van der Waals surface area (Å²) in [6, 6.07) is 0. The average molecular weight is 329 g/mol. The minimum Gasteiger partial charge on any atom is -0.475 e. The van der Waals surface area contributed by atoms with E-state index in [1.54, 1.807) is 6.92 Å². The first-order valence-corrected chi connectivity index (χ1v) is 7.04. The number of halogens is 1. The fourth-order valence-electron chi connectivity index (χ4n) is 2.30. The van der Waals surface area contributed by atoms with Crippen molar-refractivity contribution >= 4 is 11.6 Å². The predicted octanol–water partition coefficient (Wildman–Crippen LogP) is -1.28. The molecule has 1 saturated heterocycles. The highest BCUT2D eigenvalue weighted by atomic mass is 19.1. The lowest BCUT2D eigenvalue weighted by molar-refractivity contribution is -0.0103. The molecule has 10 heteroatoms. The summed E-state index contributed by atoms with van der Waals surface area (Å²) in [5.74, 6) is 0.00553. The van der Waals surface area contributed by atoms with Gasteiger partial charge >= 0.3 is 0 Å². The number of nitrogens with two attached hydrogens (primary N) is 1. The molecule has 0 spiro atoms. The van der Waals surface area contributed by atoms with Crippen LogP contribution in [0.15, 0.2) is 11.6 Å². The monoisotopic (exact) mass is 329 g/mol. The summed E-state index contributed by atoms with van der Waals surface area (Å²) in [5.41, 5.74) is 5.88. The fraction of sp³-hybridized carbons (Fsp3) is 0.615. The number of nitrogen functional groups attached to an aromatic ring is 1. The zero-order valence-corrected chi connectivity index (χ0v) is 12.9. The molecular weight excluding hydrogens is 309 g/mol. The van der Waals surface area contributed by atoms with E-state index in [0.29, 0.717) is 6.61 Å². The maximum Gasteiger partial charge on any atom is 0.262 e. The lowest BCUT2D eigenvalue weighted by atomic mass is 10.1. The van der Waals surface area contributed by atoms with Gasteiger partial charge in [0, 0.05) is 7.05 Å². The van der Waals surface area contributed by atoms with E-state index in [1.165, 1.54) is 7.05 Å². The van der Waals surface area contributed by atoms with Crippen molar-refractivity contribution in [2.24, 2.45) is 4.99 Å². The second kappa shape index (κ2) is 7.02. The van der Waals surface area contributed by atoms with Crippen molar-refractivity contribution in [3.05, 3.63) is 12.1 Å². The Kier molecular flexibility index (Phi) is 5.29. The van der Waals surface area contributed by atoms with E-state index in [9.17, 15) is 9.50 Å². The SMILES string of the molecule is C=C([C@@H]1O[C@H](CO)[C@@H](O)[C@H]1F)n1nc(N)nc(OCC)c1=NC. The Morgan fingerprint density at radius 1 is 1.61 bits per heavy atom. The number of ether oxygens (including phenoxy) is 2. The van der Waals surface area contributed by atoms with E-state index in [1.807, 2.05) is 0 Å². The van der Waals surface area contributed by atoms with Crippen LogP contribution in [0.4, 0.5) is 10.3 Å². The van der Waals surface area contributed by atoms with Gasteiger partial charge < -0.3 is 25.4 Å². The van der Waals surface area contributed by atoms with E-state index in [2.05, 4.69) is 21.7 Å². The fourth-order valence-corrected chi connectivity index (χ4v) is 2.30. The molecule has 1 aliphatic rings. The quantitative estimate of drug-likeness (QED) is 0.614. The lowest BCUT2D eigenvalue weighted by Crippen LogP contribution is -2.35. The Hall–Kier alpha value is -2.04. The third-order valence-electron chi connectivity index (χ3n) is 3.40. The molecule has 0 unspecified atom stereocenters. The first-order valence-electron chi connectivity index (χ1n) is 7.04. The average Bonchev–Trinajstić information content (AvgIpc) is 2.82. The summed E-state index contributed by atoms with van der Waals surface area (Å²) in [5, 5.41) is 22.8. The number of anilines is 1. The van der Waals surface area contributed by atoms with Gasteiger partial charge in [-0.1, -0.05) is 6.58 Å². The van der Waals surface area contributed by atoms with Gasteiger partial charge in [-0.2, -0.15) is 4.98 Å². The molecule has 1 aromatic heterocycles. The lowest BCUT2D eigenvalue weighted by Gasteiger charge is -2.18. The number of alkyl halides is 1. The van der Waals surface area contributed by atoms with Crippen LogP contribution in [0.5, 0.6) is 5.88 Å². The van der Waals surface area contributed by atoms with Crippen LogP contribution in [0.25, 0.3) is 5.70 Å². The van der Waals surface area contributed by atoms with E-state index < -0.39 is 31.1 Å². The van der Waals surface area contributed by atoms with Crippen LogP contribution in [-0.2, 0) is 4.74 Å². The molecule has 0 bridgehead atoms. The standard InChI is InChI=1S/C13H20FN5O4/c1-4-22-12-11(16-3)19(18-13(15)17-12)6(2)10-8(14)9(21)7(5-20)23-10/h7-10,20-21H,2,4-5H2,1,3H3,(H2,15,18)/t7-,8-,9-,10+/m1/s1. The summed E-state index contributed by atoms with van der Waals surface area (Å²) < 4.78 is 26.1. The van der Waals surface area contributed by atoms with Crippen molar-refractivity contribution in [1.29, 1.82) is 0 Å². The van der Waals surface area contributed by atoms with Gasteiger partial charge in [0.25, 0.3) is 5.88 Å². The van der Waals surface area contributed by atoms with Gasteiger partial charge in [-0.25, -0.2) is 9.07 Å². The molecule has 0 amide bonds. The number of hydrogen-bond donors (Lipinski definition) is 3. The molecule has 2 rings (SSSR count). The van der Waals surface area contributed by atoms with Crippen molar-refractivity contribution in [2.75, 3.05) is 26.0 Å². The Labute approximate surface area is 131 Å². The molecule has 1 aromatic rings. The Morgan fingerprint density at radius 3 is 2.83 bits per heavy atom. The third kappa shape index (κ3) is 3.19. The Balaban J connectivity index is 2.44. The normalized spacial score (nSPS) is 28.1. The van der Waals surface area contributed by atoms with Crippen LogP contribution in [-0.4, -0.2) is 69.7 Å². The first-order chi connectivity index (χ1) is 10.9. The predicted molar refractivity (Wildman–Crippen MR) is 79.1 cm³/mol. The van der Waals surface area contributed by atoms with Gasteiger partial charge in [0.2, 0.25) is 11.4 Å². The smallest absolute Gasteiger partial charge is 0.262 e. The van der Waals surface area contributed by atoms with Crippen LogP contribution in [0.3, 0.4) is 0 Å². The topological polar surface area (TPSA) is 128 Å². The van der Waals surface area contributed by atoms with Crippen LogP contribution in [0, 0.1) is 0 Å². The molecule has 0 radical (unpaired) electrons. The summed E-state index contributed by atoms with van der Waals surface area (Å²) in [7, 11) is 1.48. The van der Waals surface area contributed by atoms with E-state index in [4.69, 9.17) is 20.3 Å². The molecule has 0 aliphatic carbocycles. The second-order valence-electron chi connectivity index (χ2n) is 4.87. The Morgan fingerprint density at radius 2 is 2.30 bits per heavy atom. The van der Waals surface area contributed by atoms with Crippen molar-refractivity contribution in [3.8, 4) is 5.88 Å². The number of aliphatic hydroxyl groups is 2. The van der Waals surface area contributed by atoms with Gasteiger partial charge in [-0.05, 0) is 6.92 Å². The Bertz CT molecular complexity index is 650. The summed E-state index contributed by atoms with van der Waals surface area (Å²) in [6.07, 6.45) is -5.49. The number of nitrogens with zero attached hydrogens (tertiary/aromatic N) is 4. The summed E-state index contributed by atoms with van der Waals surface area (Å²) >= 11 is 0. The van der Waals surface area contributed by atoms with Crippen molar-refractivity contribution in [3.63, 3.8) is 0 Å². The van der Waals surface area contributed by atoms with Crippen LogP contribution >= 0.6 is 0 Å². The van der Waals surface area contributed by atoms with Crippen molar-refractivity contribution in [1.82, 2.24) is 14.8 Å². The number of aliphatic hydroxyl groups excluding tert-OH is 2. The van der Waals surface area contributed by atoms with Crippen LogP contribution in [0.2, 0.25) is 0 Å². The number of rotatable bonds is 5. The van der Waals surface area contributed by atoms with Crippen LogP contribution in [0.1, 0.15) is 6.92 Å². The minimum atomic E-state index is -1.77. The minimum absolute atomic E-state index is 0.0585. The van der Waals surface area contributed by atoms with Gasteiger partial charge in [0.15, 0.2) is 6.17 Å². The number of hydrogen-bond acceptors (Lipinski definition) is 8. The molecule has 9 nitrogen and oxygen atoms in total. The molecule has 2 heterocycles. The third-order valence-corrected chi connectivity index (χ3v) is 3.40. The van der Waals surface area contributed by atoms with Gasteiger partial charge in [0.1, 0.15) is 18.3 Å². The van der Waals surface area contributed by atoms with Gasteiger partial charge in [0.05, 0.1) is 18.9 Å². The van der Waals surface area contributed by atoms with Crippen molar-refractivity contribution in [2.45, 2.75) is 31.4 Å². The van der Waals surface area contributed by atoms with E-state index >= 15 is 0 Å². The molecule has 4 N–H and O–H groups in total. The zero-order valence-electron chi connectivity index (χ0n) is 12.9.